The summed E-state index contributed by atoms with van der Waals surface area (Å²) >= 11 is -2.62. The number of aliphatic hydroxyl groups is 2. The molecule has 0 amide bonds. The van der Waals surface area contributed by atoms with Crippen LogP contribution in [0.2, 0.25) is 0 Å². The number of nitrogens with zero attached hydrogens (tertiary/aromatic N) is 3. The molecule has 1 aromatic carbocycles. The highest BCUT2D eigenvalue weighted by molar-refractivity contribution is 7.80. The van der Waals surface area contributed by atoms with E-state index in [9.17, 15) is 28.2 Å². The highest BCUT2D eigenvalue weighted by atomic mass is 32.2. The molecular weight excluding hydrogens is 441 g/mol. The van der Waals surface area contributed by atoms with Gasteiger partial charge in [0.2, 0.25) is 5.95 Å². The van der Waals surface area contributed by atoms with Crippen LogP contribution in [0.25, 0.3) is 17.3 Å². The Labute approximate surface area is 187 Å². The van der Waals surface area contributed by atoms with Crippen LogP contribution in [0.1, 0.15) is 43.9 Å². The Bertz CT molecular complexity index is 1000. The molecule has 0 saturated heterocycles. The number of benzene rings is 1. The van der Waals surface area contributed by atoms with Crippen LogP contribution in [0, 0.1) is 5.82 Å². The monoisotopic (exact) mass is 466 g/mol. The Kier molecular flexibility index (Phi) is 8.96. The minimum Gasteiger partial charge on any atom is -0.755 e. The van der Waals surface area contributed by atoms with Crippen molar-refractivity contribution < 1.29 is 33.3 Å². The van der Waals surface area contributed by atoms with Crippen LogP contribution in [0.3, 0.4) is 0 Å². The molecule has 174 valence electrons. The van der Waals surface area contributed by atoms with E-state index in [-0.39, 0.29) is 18.3 Å². The van der Waals surface area contributed by atoms with Crippen molar-refractivity contribution >= 4 is 29.3 Å². The van der Waals surface area contributed by atoms with E-state index in [2.05, 4.69) is 9.97 Å². The van der Waals surface area contributed by atoms with Gasteiger partial charge in [-0.3, -0.25) is 13.3 Å². The second kappa shape index (κ2) is 11.2. The van der Waals surface area contributed by atoms with Gasteiger partial charge in [-0.2, -0.15) is 0 Å². The summed E-state index contributed by atoms with van der Waals surface area (Å²) in [4.78, 5) is 19.4. The number of carboxylic acid groups (broad SMARTS) is 1. The summed E-state index contributed by atoms with van der Waals surface area (Å²) in [6.45, 7) is 3.69. The van der Waals surface area contributed by atoms with Gasteiger partial charge in [0, 0.05) is 35.9 Å². The van der Waals surface area contributed by atoms with Gasteiger partial charge in [-0.05, 0) is 30.2 Å². The third-order valence-corrected chi connectivity index (χ3v) is 5.15. The van der Waals surface area contributed by atoms with Crippen molar-refractivity contribution in [2.45, 2.75) is 44.8 Å². The van der Waals surface area contributed by atoms with Gasteiger partial charge < -0.3 is 19.9 Å². The number of rotatable bonds is 10. The average molecular weight is 467 g/mol. The SMILES string of the molecule is CC(C)c1nc(N(C)S(=O)[O-])nc(-c2ccc(F)cc2)c1C=CC(O)CC(O)CC(=O)O. The lowest BCUT2D eigenvalue weighted by molar-refractivity contribution is -0.139. The third kappa shape index (κ3) is 6.89. The van der Waals surface area contributed by atoms with E-state index >= 15 is 0 Å². The summed E-state index contributed by atoms with van der Waals surface area (Å²) in [5.41, 5.74) is 1.79. The molecule has 3 unspecified atom stereocenters. The Hall–Kier alpha value is -2.73. The van der Waals surface area contributed by atoms with Crippen LogP contribution >= 0.6 is 0 Å². The summed E-state index contributed by atoms with van der Waals surface area (Å²) in [5.74, 6) is -1.88. The molecule has 2 aromatic rings. The van der Waals surface area contributed by atoms with E-state index in [1.54, 1.807) is 0 Å². The van der Waals surface area contributed by atoms with E-state index < -0.39 is 41.7 Å². The number of hydrogen-bond donors (Lipinski definition) is 3. The van der Waals surface area contributed by atoms with Crippen LogP contribution in [0.4, 0.5) is 10.3 Å². The maximum absolute atomic E-state index is 13.5. The minimum absolute atomic E-state index is 0.0732. The Morgan fingerprint density at radius 1 is 1.25 bits per heavy atom. The lowest BCUT2D eigenvalue weighted by Gasteiger charge is -2.23. The largest absolute Gasteiger partial charge is 0.755 e. The van der Waals surface area contributed by atoms with Gasteiger partial charge in [0.15, 0.2) is 0 Å². The second-order valence-corrected chi connectivity index (χ2v) is 8.44. The molecule has 0 aliphatic carbocycles. The standard InChI is InChI=1S/C21H26FN3O6S/c1-12(2)19-17(9-8-15(26)10-16(27)11-18(28)29)20(13-4-6-14(22)7-5-13)24-21(23-19)25(3)32(30)31/h4-9,12,15-16,26-27H,10-11H2,1-3H3,(H,28,29)(H,30,31)/p-1. The van der Waals surface area contributed by atoms with E-state index in [0.29, 0.717) is 22.5 Å². The Balaban J connectivity index is 2.56. The molecule has 1 heterocycles. The fourth-order valence-electron chi connectivity index (χ4n) is 2.96. The normalized spacial score (nSPS) is 14.5. The lowest BCUT2D eigenvalue weighted by Crippen LogP contribution is -2.23. The number of halogens is 1. The molecular formula is C21H25FN3O6S-. The zero-order valence-corrected chi connectivity index (χ0v) is 18.6. The molecule has 0 aliphatic rings. The Morgan fingerprint density at radius 2 is 1.88 bits per heavy atom. The lowest BCUT2D eigenvalue weighted by atomic mass is 9.97. The topological polar surface area (TPSA) is 147 Å². The van der Waals surface area contributed by atoms with Crippen LogP contribution in [-0.4, -0.2) is 59.3 Å². The quantitative estimate of drug-likeness (QED) is 0.452. The predicted molar refractivity (Wildman–Crippen MR) is 117 cm³/mol. The second-order valence-electron chi connectivity index (χ2n) is 7.46. The maximum Gasteiger partial charge on any atom is 0.305 e. The van der Waals surface area contributed by atoms with Crippen molar-refractivity contribution in [1.82, 2.24) is 9.97 Å². The third-order valence-electron chi connectivity index (χ3n) is 4.54. The zero-order chi connectivity index (χ0) is 24.0. The van der Waals surface area contributed by atoms with Gasteiger partial charge in [-0.1, -0.05) is 26.0 Å². The highest BCUT2D eigenvalue weighted by Gasteiger charge is 2.20. The molecule has 3 atom stereocenters. The van der Waals surface area contributed by atoms with E-state index in [1.165, 1.54) is 43.5 Å². The van der Waals surface area contributed by atoms with Gasteiger partial charge >= 0.3 is 5.97 Å². The fraction of sp³-hybridized carbons (Fsp3) is 0.381. The number of carboxylic acids is 1. The average Bonchev–Trinajstić information content (AvgIpc) is 2.70. The molecule has 0 saturated carbocycles. The molecule has 1 aromatic heterocycles. The molecule has 0 fully saturated rings. The summed E-state index contributed by atoms with van der Waals surface area (Å²) in [5, 5.41) is 28.7. The Morgan fingerprint density at radius 3 is 2.41 bits per heavy atom. The number of anilines is 1. The van der Waals surface area contributed by atoms with E-state index in [4.69, 9.17) is 5.11 Å². The first-order chi connectivity index (χ1) is 15.0. The van der Waals surface area contributed by atoms with Crippen LogP contribution in [0.5, 0.6) is 0 Å². The smallest absolute Gasteiger partial charge is 0.305 e. The molecule has 0 spiro atoms. The molecule has 3 N–H and O–H groups in total. The van der Waals surface area contributed by atoms with Crippen molar-refractivity contribution in [2.24, 2.45) is 0 Å². The van der Waals surface area contributed by atoms with Crippen molar-refractivity contribution in [1.29, 1.82) is 0 Å². The minimum atomic E-state index is -2.62. The van der Waals surface area contributed by atoms with Crippen LogP contribution in [0.15, 0.2) is 30.3 Å². The predicted octanol–water partition coefficient (Wildman–Crippen LogP) is 2.24. The maximum atomic E-state index is 13.5. The molecule has 11 heteroatoms. The summed E-state index contributed by atoms with van der Waals surface area (Å²) < 4.78 is 37.2. The van der Waals surface area contributed by atoms with E-state index in [0.717, 1.165) is 4.31 Å². The number of hydrogen-bond acceptors (Lipinski definition) is 7. The number of aliphatic hydroxyl groups excluding tert-OH is 2. The fourth-order valence-corrected chi connectivity index (χ4v) is 3.18. The molecule has 0 aliphatic heterocycles. The number of carbonyl (C=O) groups is 1. The van der Waals surface area contributed by atoms with Crippen molar-refractivity contribution in [3.05, 3.63) is 47.4 Å². The van der Waals surface area contributed by atoms with Crippen LogP contribution < -0.4 is 4.31 Å². The summed E-state index contributed by atoms with van der Waals surface area (Å²) in [7, 11) is 1.29. The molecule has 9 nitrogen and oxygen atoms in total. The van der Waals surface area contributed by atoms with Gasteiger partial charge in [0.25, 0.3) is 0 Å². The summed E-state index contributed by atoms with van der Waals surface area (Å²) in [6.07, 6.45) is -0.168. The van der Waals surface area contributed by atoms with Crippen molar-refractivity contribution in [3.63, 3.8) is 0 Å². The molecule has 0 bridgehead atoms. The number of aliphatic carboxylic acids is 1. The van der Waals surface area contributed by atoms with Crippen molar-refractivity contribution in [2.75, 3.05) is 11.4 Å². The van der Waals surface area contributed by atoms with Gasteiger partial charge in [0.05, 0.1) is 30.0 Å². The highest BCUT2D eigenvalue weighted by Crippen LogP contribution is 2.31. The molecule has 0 radical (unpaired) electrons. The van der Waals surface area contributed by atoms with Gasteiger partial charge in [-0.25, -0.2) is 14.4 Å². The first-order valence-electron chi connectivity index (χ1n) is 9.76. The van der Waals surface area contributed by atoms with Crippen LogP contribution in [-0.2, 0) is 16.1 Å². The van der Waals surface area contributed by atoms with Gasteiger partial charge in [-0.15, -0.1) is 0 Å². The first-order valence-corrected chi connectivity index (χ1v) is 10.8. The first kappa shape index (κ1) is 25.5. The van der Waals surface area contributed by atoms with E-state index in [1.807, 2.05) is 13.8 Å². The molecule has 32 heavy (non-hydrogen) atoms. The molecule has 2 rings (SSSR count). The van der Waals surface area contributed by atoms with Gasteiger partial charge in [0.1, 0.15) is 5.82 Å². The number of aromatic nitrogens is 2. The summed E-state index contributed by atoms with van der Waals surface area (Å²) in [6, 6.07) is 5.46. The zero-order valence-electron chi connectivity index (χ0n) is 17.8. The van der Waals surface area contributed by atoms with Crippen molar-refractivity contribution in [3.8, 4) is 11.3 Å².